The smallest absolute Gasteiger partial charge is 0.0774 e. The van der Waals surface area contributed by atoms with Crippen LogP contribution in [-0.2, 0) is 31.9 Å². The van der Waals surface area contributed by atoms with Crippen LogP contribution in [0.4, 0.5) is 0 Å². The Morgan fingerprint density at radius 3 is 1.87 bits per heavy atom. The zero-order chi connectivity index (χ0) is 42.6. The number of hydrogen-bond acceptors (Lipinski definition) is 3. The normalized spacial score (nSPS) is 11.3. The first-order valence-corrected chi connectivity index (χ1v) is 22.2. The first-order valence-electron chi connectivity index (χ1n) is 21.4. The second-order valence-electron chi connectivity index (χ2n) is 17.2. The zero-order valence-corrected chi connectivity index (χ0v) is 39.5. The molecule has 10 rings (SSSR count). The van der Waals surface area contributed by atoms with Gasteiger partial charge in [-0.05, 0) is 69.0 Å². The SMILES string of the molecule is CC(C)Cc1cc(-c2[c-]cccc2)ncc1C(C)(C)C.[Ir].[c-]1sc2cc(-c3ccccc3)ccc2c1-c1nc2ccccc2n1-c1c(-c2ccccc2)cccc1-c1ccccc1. The Balaban J connectivity index is 0.000000219. The van der Waals surface area contributed by atoms with Crippen molar-refractivity contribution in [1.82, 2.24) is 14.5 Å². The number of aromatic nitrogens is 3. The third-order valence-electron chi connectivity index (χ3n) is 11.2. The average Bonchev–Trinajstić information content (AvgIpc) is 3.91. The summed E-state index contributed by atoms with van der Waals surface area (Å²) >= 11 is 1.65. The van der Waals surface area contributed by atoms with Crippen molar-refractivity contribution in [2.45, 2.75) is 46.5 Å². The quantitative estimate of drug-likeness (QED) is 0.142. The third kappa shape index (κ3) is 9.29. The van der Waals surface area contributed by atoms with E-state index in [1.807, 2.05) is 24.4 Å². The van der Waals surface area contributed by atoms with E-state index in [1.54, 1.807) is 11.3 Å². The summed E-state index contributed by atoms with van der Waals surface area (Å²) in [6, 6.07) is 67.1. The number of nitrogens with zero attached hydrogens (tertiary/aromatic N) is 3. The molecule has 0 saturated heterocycles. The number of pyridine rings is 1. The van der Waals surface area contributed by atoms with Crippen molar-refractivity contribution in [2.24, 2.45) is 5.92 Å². The van der Waals surface area contributed by atoms with Gasteiger partial charge in [-0.3, -0.25) is 16.3 Å². The first-order chi connectivity index (χ1) is 30.2. The van der Waals surface area contributed by atoms with Crippen molar-refractivity contribution >= 4 is 32.5 Å². The van der Waals surface area contributed by atoms with Crippen molar-refractivity contribution in [3.8, 4) is 61.7 Å². The molecule has 0 fully saturated rings. The Bertz CT molecular complexity index is 3030. The summed E-state index contributed by atoms with van der Waals surface area (Å²) in [5.74, 6) is 1.54. The summed E-state index contributed by atoms with van der Waals surface area (Å²) in [6.07, 6.45) is 3.14. The van der Waals surface area contributed by atoms with Crippen LogP contribution in [0.15, 0.2) is 188 Å². The molecule has 0 spiro atoms. The molecule has 313 valence electrons. The molecular weight excluding hydrogens is 963 g/mol. The molecule has 0 unspecified atom stereocenters. The molecule has 10 aromatic rings. The maximum Gasteiger partial charge on any atom is 0.0774 e. The third-order valence-corrected chi connectivity index (χ3v) is 12.1. The van der Waals surface area contributed by atoms with E-state index in [-0.39, 0.29) is 25.5 Å². The molecule has 3 heterocycles. The number of fused-ring (bicyclic) bond motifs is 2. The van der Waals surface area contributed by atoms with Gasteiger partial charge in [0.25, 0.3) is 0 Å². The molecule has 0 N–H and O–H groups in total. The summed E-state index contributed by atoms with van der Waals surface area (Å²) in [6.45, 7) is 11.3. The summed E-state index contributed by atoms with van der Waals surface area (Å²) in [5.41, 5.74) is 16.2. The summed E-state index contributed by atoms with van der Waals surface area (Å²) < 4.78 is 3.55. The Morgan fingerprint density at radius 2 is 1.25 bits per heavy atom. The largest absolute Gasteiger partial charge is 0.332 e. The van der Waals surface area contributed by atoms with Gasteiger partial charge in [-0.2, -0.15) is 0 Å². The molecule has 0 aliphatic carbocycles. The van der Waals surface area contributed by atoms with Gasteiger partial charge in [0, 0.05) is 37.4 Å². The van der Waals surface area contributed by atoms with Crippen molar-refractivity contribution < 1.29 is 20.1 Å². The molecule has 0 atom stereocenters. The van der Waals surface area contributed by atoms with Crippen LogP contribution in [0.2, 0.25) is 0 Å². The Kier molecular flexibility index (Phi) is 13.1. The van der Waals surface area contributed by atoms with E-state index in [0.29, 0.717) is 5.92 Å². The maximum absolute atomic E-state index is 5.27. The molecule has 0 aliphatic heterocycles. The van der Waals surface area contributed by atoms with Crippen LogP contribution in [0.3, 0.4) is 0 Å². The number of para-hydroxylation sites is 3. The molecule has 0 aliphatic rings. The second kappa shape index (κ2) is 19.0. The maximum atomic E-state index is 5.27. The fourth-order valence-electron chi connectivity index (χ4n) is 8.34. The minimum atomic E-state index is 0. The Labute approximate surface area is 389 Å². The molecule has 63 heavy (non-hydrogen) atoms. The zero-order valence-electron chi connectivity index (χ0n) is 36.3. The van der Waals surface area contributed by atoms with Crippen molar-refractivity contribution in [1.29, 1.82) is 0 Å². The summed E-state index contributed by atoms with van der Waals surface area (Å²) in [4.78, 5) is 9.92. The van der Waals surface area contributed by atoms with Gasteiger partial charge < -0.3 is 9.55 Å². The molecular formula is C58H49IrN3S-2. The molecule has 5 heteroatoms. The van der Waals surface area contributed by atoms with Crippen LogP contribution in [0, 0.1) is 17.4 Å². The van der Waals surface area contributed by atoms with Gasteiger partial charge in [-0.25, -0.2) is 0 Å². The van der Waals surface area contributed by atoms with Gasteiger partial charge in [0.15, 0.2) is 0 Å². The Hall–Kier alpha value is -6.23. The first kappa shape index (κ1) is 43.4. The average molecular weight is 1010 g/mol. The van der Waals surface area contributed by atoms with E-state index in [0.717, 1.165) is 62.3 Å². The Morgan fingerprint density at radius 1 is 0.635 bits per heavy atom. The predicted molar refractivity (Wildman–Crippen MR) is 263 cm³/mol. The fourth-order valence-corrected chi connectivity index (χ4v) is 9.22. The number of rotatable bonds is 8. The van der Waals surface area contributed by atoms with E-state index in [1.165, 1.54) is 38.1 Å². The van der Waals surface area contributed by atoms with Gasteiger partial charge in [0.1, 0.15) is 0 Å². The second-order valence-corrected chi connectivity index (χ2v) is 18.0. The minimum Gasteiger partial charge on any atom is -0.332 e. The van der Waals surface area contributed by atoms with Crippen LogP contribution in [0.5, 0.6) is 0 Å². The number of benzene rings is 7. The molecule has 7 aromatic carbocycles. The van der Waals surface area contributed by atoms with Crippen LogP contribution < -0.4 is 0 Å². The number of hydrogen-bond donors (Lipinski definition) is 0. The van der Waals surface area contributed by atoms with E-state index in [2.05, 4.69) is 219 Å². The van der Waals surface area contributed by atoms with Crippen LogP contribution >= 0.6 is 11.3 Å². The molecule has 3 aromatic heterocycles. The van der Waals surface area contributed by atoms with Crippen molar-refractivity contribution in [2.75, 3.05) is 0 Å². The van der Waals surface area contributed by atoms with Crippen molar-refractivity contribution in [3.05, 3.63) is 211 Å². The standard InChI is InChI=1S/C39H25N2S.C19H24N.Ir/c1-4-13-27(14-5-1)30-23-24-33-34(26-42-37(33)25-30)39-40-35-21-10-11-22-36(35)41(39)38-31(28-15-6-2-7-16-28)19-12-20-32(38)29-17-8-3-9-18-29;1-14(2)11-16-12-18(15-9-7-6-8-10-15)20-13-17(16)19(3,4)5;/h1-25H;6-9,12-14H,11H2,1-5H3;/q2*-1;. The van der Waals surface area contributed by atoms with Gasteiger partial charge in [-0.1, -0.05) is 190 Å². The summed E-state index contributed by atoms with van der Waals surface area (Å²) in [7, 11) is 0. The summed E-state index contributed by atoms with van der Waals surface area (Å²) in [5, 5.41) is 4.82. The molecule has 0 amide bonds. The van der Waals surface area contributed by atoms with Gasteiger partial charge in [0.05, 0.1) is 22.5 Å². The number of imidazole rings is 1. The number of thiophene rings is 1. The van der Waals surface area contributed by atoms with Crippen LogP contribution in [0.25, 0.3) is 82.8 Å². The molecule has 0 saturated carbocycles. The monoisotopic (exact) mass is 1010 g/mol. The van der Waals surface area contributed by atoms with E-state index >= 15 is 0 Å². The molecule has 0 bridgehead atoms. The fraction of sp³-hybridized carbons (Fsp3) is 0.138. The van der Waals surface area contributed by atoms with Crippen LogP contribution in [0.1, 0.15) is 45.7 Å². The van der Waals surface area contributed by atoms with Crippen molar-refractivity contribution in [3.63, 3.8) is 0 Å². The molecule has 1 radical (unpaired) electrons. The molecule has 3 nitrogen and oxygen atoms in total. The van der Waals surface area contributed by atoms with Crippen LogP contribution in [-0.4, -0.2) is 14.5 Å². The van der Waals surface area contributed by atoms with Gasteiger partial charge >= 0.3 is 0 Å². The van der Waals surface area contributed by atoms with E-state index < -0.39 is 0 Å². The minimum absolute atomic E-state index is 0. The topological polar surface area (TPSA) is 30.7 Å². The van der Waals surface area contributed by atoms with Gasteiger partial charge in [0.2, 0.25) is 0 Å². The van der Waals surface area contributed by atoms with Gasteiger partial charge in [-0.15, -0.1) is 47.3 Å². The predicted octanol–water partition coefficient (Wildman–Crippen LogP) is 15.8. The van der Waals surface area contributed by atoms with E-state index in [4.69, 9.17) is 4.98 Å². The van der Waals surface area contributed by atoms with E-state index in [9.17, 15) is 0 Å².